The number of hydrogen-bond donors (Lipinski definition) is 0. The number of fused-ring (bicyclic) bond motifs is 4. The molecule has 0 saturated carbocycles. The molecule has 3 aliphatic rings. The molecule has 0 spiro atoms. The Morgan fingerprint density at radius 1 is 1.25 bits per heavy atom. The van der Waals surface area contributed by atoms with Crippen LogP contribution in [0, 0.1) is 5.92 Å². The van der Waals surface area contributed by atoms with Crippen molar-refractivity contribution in [3.63, 3.8) is 0 Å². The van der Waals surface area contributed by atoms with E-state index in [4.69, 9.17) is 11.6 Å². The van der Waals surface area contributed by atoms with Gasteiger partial charge in [0.05, 0.1) is 11.7 Å². The number of piperidine rings is 1. The first-order chi connectivity index (χ1) is 11.4. The van der Waals surface area contributed by atoms with Gasteiger partial charge in [-0.25, -0.2) is 8.42 Å². The molecule has 5 nitrogen and oxygen atoms in total. The van der Waals surface area contributed by atoms with Gasteiger partial charge in [-0.15, -0.1) is 0 Å². The van der Waals surface area contributed by atoms with Crippen LogP contribution in [-0.4, -0.2) is 49.2 Å². The molecular weight excluding hydrogens is 348 g/mol. The molecule has 0 N–H and O–H groups in total. The summed E-state index contributed by atoms with van der Waals surface area (Å²) in [5.74, 6) is -0.160. The Hall–Kier alpha value is -1.11. The van der Waals surface area contributed by atoms with Gasteiger partial charge in [-0.1, -0.05) is 30.7 Å². The molecule has 1 aromatic carbocycles. The summed E-state index contributed by atoms with van der Waals surface area (Å²) in [6.07, 6.45) is 2.57. The smallest absolute Gasteiger partial charge is 0.227 e. The molecule has 0 aliphatic carbocycles. The number of nitrogens with zero attached hydrogens (tertiary/aromatic N) is 2. The van der Waals surface area contributed by atoms with Crippen LogP contribution in [0.4, 0.5) is 0 Å². The molecule has 24 heavy (non-hydrogen) atoms. The van der Waals surface area contributed by atoms with Gasteiger partial charge < -0.3 is 4.90 Å². The van der Waals surface area contributed by atoms with E-state index in [0.717, 1.165) is 19.3 Å². The number of carbonyl (C=O) groups excluding carboxylic acids is 1. The van der Waals surface area contributed by atoms with Gasteiger partial charge in [0.1, 0.15) is 0 Å². The summed E-state index contributed by atoms with van der Waals surface area (Å²) in [5.41, 5.74) is 0.677. The number of benzene rings is 1. The molecule has 1 aromatic rings. The second-order valence-electron chi connectivity index (χ2n) is 6.66. The minimum Gasteiger partial charge on any atom is -0.338 e. The monoisotopic (exact) mass is 370 g/mol. The Labute approximate surface area is 148 Å². The quantitative estimate of drug-likeness (QED) is 0.800. The van der Waals surface area contributed by atoms with Crippen molar-refractivity contribution in [2.75, 3.05) is 19.6 Å². The normalized spacial score (nSPS) is 25.1. The van der Waals surface area contributed by atoms with Gasteiger partial charge >= 0.3 is 0 Å². The number of amides is 1. The maximum Gasteiger partial charge on any atom is 0.227 e. The third kappa shape index (κ3) is 3.60. The Morgan fingerprint density at radius 2 is 2.04 bits per heavy atom. The van der Waals surface area contributed by atoms with Crippen LogP contribution >= 0.6 is 11.6 Å². The number of carbonyl (C=O) groups is 1. The van der Waals surface area contributed by atoms with Crippen molar-refractivity contribution in [1.82, 2.24) is 9.21 Å². The SMILES string of the molecule is CCCN1C(=O)[C@H]2CC[C@@H]1CN(S(=O)(=O)Cc1cccc(Cl)c1)C2. The van der Waals surface area contributed by atoms with Crippen molar-refractivity contribution in [1.29, 1.82) is 0 Å². The van der Waals surface area contributed by atoms with Crippen molar-refractivity contribution in [3.05, 3.63) is 34.9 Å². The van der Waals surface area contributed by atoms with E-state index in [-0.39, 0.29) is 23.6 Å². The molecule has 4 rings (SSSR count). The minimum atomic E-state index is -3.47. The molecule has 0 unspecified atom stereocenters. The van der Waals surface area contributed by atoms with E-state index in [9.17, 15) is 13.2 Å². The zero-order valence-electron chi connectivity index (χ0n) is 13.8. The van der Waals surface area contributed by atoms with Gasteiger partial charge in [0.25, 0.3) is 0 Å². The molecule has 3 heterocycles. The topological polar surface area (TPSA) is 57.7 Å². The van der Waals surface area contributed by atoms with E-state index in [2.05, 4.69) is 0 Å². The van der Waals surface area contributed by atoms with Crippen molar-refractivity contribution < 1.29 is 13.2 Å². The molecule has 7 heteroatoms. The molecule has 0 radical (unpaired) electrons. The average Bonchev–Trinajstić information content (AvgIpc) is 2.81. The van der Waals surface area contributed by atoms with E-state index >= 15 is 0 Å². The first-order valence-corrected chi connectivity index (χ1v) is 10.4. The lowest BCUT2D eigenvalue weighted by atomic mass is 9.94. The second-order valence-corrected chi connectivity index (χ2v) is 9.07. The Bertz CT molecular complexity index is 722. The maximum atomic E-state index is 12.9. The molecule has 132 valence electrons. The van der Waals surface area contributed by atoms with Crippen molar-refractivity contribution >= 4 is 27.5 Å². The molecule has 0 aromatic heterocycles. The summed E-state index contributed by atoms with van der Waals surface area (Å²) < 4.78 is 27.2. The van der Waals surface area contributed by atoms with E-state index in [1.807, 2.05) is 11.8 Å². The number of halogens is 1. The molecule has 1 amide bonds. The average molecular weight is 371 g/mol. The Balaban J connectivity index is 1.80. The third-order valence-corrected chi connectivity index (χ3v) is 6.87. The zero-order chi connectivity index (χ0) is 17.3. The van der Waals surface area contributed by atoms with E-state index in [0.29, 0.717) is 30.2 Å². The largest absolute Gasteiger partial charge is 0.338 e. The van der Waals surface area contributed by atoms with Crippen molar-refractivity contribution in [2.24, 2.45) is 5.92 Å². The fourth-order valence-electron chi connectivity index (χ4n) is 3.69. The van der Waals surface area contributed by atoms with Gasteiger partial charge in [-0.2, -0.15) is 4.31 Å². The lowest BCUT2D eigenvalue weighted by Gasteiger charge is -2.35. The maximum absolute atomic E-state index is 12.9. The standard InChI is InChI=1S/C17H23ClN2O3S/c1-2-8-20-16-7-6-14(17(20)21)10-19(11-16)24(22,23)12-13-4-3-5-15(18)9-13/h3-5,9,14,16H,2,6-8,10-12H2,1H3/t14-,16+/m0/s1. The van der Waals surface area contributed by atoms with Crippen LogP contribution in [0.5, 0.6) is 0 Å². The number of rotatable bonds is 5. The third-order valence-electron chi connectivity index (χ3n) is 4.86. The Kier molecular flexibility index (Phi) is 5.18. The molecule has 3 aliphatic heterocycles. The second kappa shape index (κ2) is 7.02. The highest BCUT2D eigenvalue weighted by Crippen LogP contribution is 2.31. The summed E-state index contributed by atoms with van der Waals surface area (Å²) in [5, 5.41) is 0.530. The summed E-state index contributed by atoms with van der Waals surface area (Å²) in [6, 6.07) is 6.94. The van der Waals surface area contributed by atoms with Gasteiger partial charge in [-0.05, 0) is 37.0 Å². The number of sulfonamides is 1. The van der Waals surface area contributed by atoms with Gasteiger partial charge in [-0.3, -0.25) is 4.79 Å². The van der Waals surface area contributed by atoms with Crippen molar-refractivity contribution in [2.45, 2.75) is 38.0 Å². The Morgan fingerprint density at radius 3 is 2.75 bits per heavy atom. The van der Waals surface area contributed by atoms with E-state index in [1.165, 1.54) is 4.31 Å². The van der Waals surface area contributed by atoms with E-state index < -0.39 is 10.0 Å². The number of hydrogen-bond acceptors (Lipinski definition) is 3. The molecule has 2 atom stereocenters. The van der Waals surface area contributed by atoms with Crippen LogP contribution in [0.25, 0.3) is 0 Å². The van der Waals surface area contributed by atoms with Gasteiger partial charge in [0.2, 0.25) is 15.9 Å². The fraction of sp³-hybridized carbons (Fsp3) is 0.588. The lowest BCUT2D eigenvalue weighted by Crippen LogP contribution is -2.48. The van der Waals surface area contributed by atoms with Crippen LogP contribution in [0.2, 0.25) is 5.02 Å². The van der Waals surface area contributed by atoms with Gasteiger partial charge in [0.15, 0.2) is 0 Å². The fourth-order valence-corrected chi connectivity index (χ4v) is 5.49. The van der Waals surface area contributed by atoms with Crippen LogP contribution < -0.4 is 0 Å². The minimum absolute atomic E-state index is 0.00494. The van der Waals surface area contributed by atoms with Crippen LogP contribution in [-0.2, 0) is 20.6 Å². The van der Waals surface area contributed by atoms with Crippen LogP contribution in [0.15, 0.2) is 24.3 Å². The summed E-state index contributed by atoms with van der Waals surface area (Å²) in [4.78, 5) is 14.5. The van der Waals surface area contributed by atoms with Gasteiger partial charge in [0, 0.05) is 30.7 Å². The summed E-state index contributed by atoms with van der Waals surface area (Å²) >= 11 is 5.96. The molecular formula is C17H23ClN2O3S. The summed E-state index contributed by atoms with van der Waals surface area (Å²) in [6.45, 7) is 3.46. The van der Waals surface area contributed by atoms with E-state index in [1.54, 1.807) is 24.3 Å². The lowest BCUT2D eigenvalue weighted by molar-refractivity contribution is -0.139. The van der Waals surface area contributed by atoms with Crippen molar-refractivity contribution in [3.8, 4) is 0 Å². The molecule has 2 bridgehead atoms. The summed E-state index contributed by atoms with van der Waals surface area (Å²) in [7, 11) is -3.47. The van der Waals surface area contributed by atoms with Crippen LogP contribution in [0.1, 0.15) is 31.7 Å². The predicted octanol–water partition coefficient (Wildman–Crippen LogP) is 2.50. The highest BCUT2D eigenvalue weighted by molar-refractivity contribution is 7.88. The first-order valence-electron chi connectivity index (χ1n) is 8.43. The highest BCUT2D eigenvalue weighted by atomic mass is 35.5. The predicted molar refractivity (Wildman–Crippen MR) is 94.2 cm³/mol. The molecule has 3 fully saturated rings. The highest BCUT2D eigenvalue weighted by Gasteiger charge is 2.43. The molecule has 3 saturated heterocycles. The van der Waals surface area contributed by atoms with Crippen LogP contribution in [0.3, 0.4) is 0 Å². The zero-order valence-corrected chi connectivity index (χ0v) is 15.4. The first kappa shape index (κ1) is 17.7.